The summed E-state index contributed by atoms with van der Waals surface area (Å²) in [5.74, 6) is -0.669. The fraction of sp³-hybridized carbons (Fsp3) is 0.0909. The Bertz CT molecular complexity index is 776. The van der Waals surface area contributed by atoms with E-state index >= 15 is 0 Å². The highest BCUT2D eigenvalue weighted by molar-refractivity contribution is 8.03. The molecule has 0 bridgehead atoms. The Labute approximate surface area is 128 Å². The second kappa shape index (κ2) is 5.92. The first kappa shape index (κ1) is 15.6. The molecule has 2 heterocycles. The van der Waals surface area contributed by atoms with E-state index in [1.807, 2.05) is 0 Å². The van der Waals surface area contributed by atoms with Crippen LogP contribution in [0.15, 0.2) is 39.4 Å². The van der Waals surface area contributed by atoms with Crippen molar-refractivity contribution in [3.63, 3.8) is 0 Å². The molecule has 0 atom stereocenters. The molecule has 0 N–H and O–H groups in total. The van der Waals surface area contributed by atoms with Crippen LogP contribution in [0.5, 0.6) is 0 Å². The van der Waals surface area contributed by atoms with E-state index in [0.717, 1.165) is 18.2 Å². The highest BCUT2D eigenvalue weighted by Gasteiger charge is 2.31. The molecule has 0 aliphatic carbocycles. The minimum Gasteiger partial charge on any atom is -0.465 e. The van der Waals surface area contributed by atoms with Gasteiger partial charge in [0.25, 0.3) is 0 Å². The van der Waals surface area contributed by atoms with Crippen molar-refractivity contribution in [1.82, 2.24) is 0 Å². The quantitative estimate of drug-likeness (QED) is 0.464. The van der Waals surface area contributed by atoms with Gasteiger partial charge in [-0.3, -0.25) is 10.1 Å². The number of sulfone groups is 1. The summed E-state index contributed by atoms with van der Waals surface area (Å²) in [5.41, 5.74) is 0. The maximum atomic E-state index is 12.1. The SMILES string of the molecule is O=[N+]([O-])c1ccc(/C(=C\c2ccco2)S(=O)(=O)C(Cl)Cl)o1. The van der Waals surface area contributed by atoms with Crippen LogP contribution in [0.1, 0.15) is 11.5 Å². The van der Waals surface area contributed by atoms with E-state index in [1.54, 1.807) is 6.07 Å². The molecule has 0 aliphatic heterocycles. The fourth-order valence-electron chi connectivity index (χ4n) is 1.45. The predicted molar refractivity (Wildman–Crippen MR) is 76.4 cm³/mol. The first-order valence-corrected chi connectivity index (χ1v) is 7.76. The Morgan fingerprint density at radius 3 is 2.52 bits per heavy atom. The molecule has 0 saturated heterocycles. The fourth-order valence-corrected chi connectivity index (χ4v) is 2.89. The van der Waals surface area contributed by atoms with Crippen LogP contribution in [-0.4, -0.2) is 17.5 Å². The van der Waals surface area contributed by atoms with Gasteiger partial charge in [-0.2, -0.15) is 0 Å². The molecule has 10 heteroatoms. The van der Waals surface area contributed by atoms with Gasteiger partial charge in [-0.15, -0.1) is 0 Å². The molecule has 2 rings (SSSR count). The van der Waals surface area contributed by atoms with Crippen LogP contribution in [0.3, 0.4) is 0 Å². The average Bonchev–Trinajstić information content (AvgIpc) is 3.06. The Morgan fingerprint density at radius 1 is 1.33 bits per heavy atom. The Morgan fingerprint density at radius 2 is 2.05 bits per heavy atom. The van der Waals surface area contributed by atoms with E-state index in [1.165, 1.54) is 12.3 Å². The number of alkyl halides is 2. The lowest BCUT2D eigenvalue weighted by Gasteiger charge is -2.06. The van der Waals surface area contributed by atoms with Gasteiger partial charge in [0.1, 0.15) is 15.6 Å². The third kappa shape index (κ3) is 3.29. The maximum absolute atomic E-state index is 12.1. The van der Waals surface area contributed by atoms with Gasteiger partial charge >= 0.3 is 5.88 Å². The summed E-state index contributed by atoms with van der Waals surface area (Å²) in [5, 5.41) is 10.6. The number of hydrogen-bond acceptors (Lipinski definition) is 6. The van der Waals surface area contributed by atoms with Crippen molar-refractivity contribution >= 4 is 49.9 Å². The molecule has 0 aromatic carbocycles. The van der Waals surface area contributed by atoms with Crippen molar-refractivity contribution in [3.05, 3.63) is 52.2 Å². The van der Waals surface area contributed by atoms with Crippen LogP contribution in [0.2, 0.25) is 0 Å². The molecule has 112 valence electrons. The maximum Gasteiger partial charge on any atom is 0.433 e. The number of nitro groups is 1. The zero-order chi connectivity index (χ0) is 15.6. The summed E-state index contributed by atoms with van der Waals surface area (Å²) in [6.07, 6.45) is 2.45. The lowest BCUT2D eigenvalue weighted by molar-refractivity contribution is -0.402. The summed E-state index contributed by atoms with van der Waals surface area (Å²) in [7, 11) is -4.16. The monoisotopic (exact) mass is 351 g/mol. The molecule has 0 fully saturated rings. The van der Waals surface area contributed by atoms with Gasteiger partial charge < -0.3 is 8.83 Å². The summed E-state index contributed by atoms with van der Waals surface area (Å²) in [4.78, 5) is 9.40. The van der Waals surface area contributed by atoms with E-state index in [0.29, 0.717) is 0 Å². The minimum absolute atomic E-state index is 0.196. The van der Waals surface area contributed by atoms with Crippen LogP contribution in [0, 0.1) is 10.1 Å². The molecule has 0 radical (unpaired) electrons. The summed E-state index contributed by atoms with van der Waals surface area (Å²) >= 11 is 10.9. The van der Waals surface area contributed by atoms with Crippen LogP contribution < -0.4 is 0 Å². The van der Waals surface area contributed by atoms with E-state index in [4.69, 9.17) is 32.0 Å². The molecule has 7 nitrogen and oxygen atoms in total. The van der Waals surface area contributed by atoms with Gasteiger partial charge in [-0.05, 0) is 18.2 Å². The van der Waals surface area contributed by atoms with Gasteiger partial charge in [0.15, 0.2) is 5.76 Å². The number of furan rings is 2. The van der Waals surface area contributed by atoms with Crippen molar-refractivity contribution in [2.45, 2.75) is 4.17 Å². The number of halogens is 2. The normalized spacial score (nSPS) is 12.8. The second-order valence-corrected chi connectivity index (χ2v) is 7.34. The zero-order valence-electron chi connectivity index (χ0n) is 10.1. The third-order valence-electron chi connectivity index (χ3n) is 2.37. The van der Waals surface area contributed by atoms with Gasteiger partial charge in [0.05, 0.1) is 12.3 Å². The largest absolute Gasteiger partial charge is 0.465 e. The minimum atomic E-state index is -4.16. The molecule has 0 amide bonds. The van der Waals surface area contributed by atoms with Crippen molar-refractivity contribution in [2.75, 3.05) is 0 Å². The standard InChI is InChI=1S/C11H7Cl2NO6S/c12-11(13)21(17,18)9(6-7-2-1-5-19-7)8-3-4-10(20-8)14(15)16/h1-6,11H/b9-6+. The van der Waals surface area contributed by atoms with Crippen molar-refractivity contribution in [2.24, 2.45) is 0 Å². The van der Waals surface area contributed by atoms with Gasteiger partial charge in [0.2, 0.25) is 14.0 Å². The second-order valence-electron chi connectivity index (χ2n) is 3.72. The Balaban J connectivity index is 2.58. The smallest absolute Gasteiger partial charge is 0.433 e. The lowest BCUT2D eigenvalue weighted by atomic mass is 10.3. The van der Waals surface area contributed by atoms with Crippen molar-refractivity contribution in [1.29, 1.82) is 0 Å². The molecule has 2 aromatic heterocycles. The highest BCUT2D eigenvalue weighted by Crippen LogP contribution is 2.33. The number of hydrogen-bond donors (Lipinski definition) is 0. The van der Waals surface area contributed by atoms with Crippen molar-refractivity contribution in [3.8, 4) is 0 Å². The molecule has 21 heavy (non-hydrogen) atoms. The van der Waals surface area contributed by atoms with E-state index in [2.05, 4.69) is 0 Å². The number of nitrogens with zero attached hydrogens (tertiary/aromatic N) is 1. The van der Waals surface area contributed by atoms with E-state index < -0.39 is 29.7 Å². The van der Waals surface area contributed by atoms with Gasteiger partial charge in [-0.1, -0.05) is 23.2 Å². The third-order valence-corrected chi connectivity index (χ3v) is 5.18. The summed E-state index contributed by atoms with van der Waals surface area (Å²) in [6.45, 7) is 0. The predicted octanol–water partition coefficient (Wildman–Crippen LogP) is 3.45. The molecule has 2 aromatic rings. The van der Waals surface area contributed by atoms with Gasteiger partial charge in [0, 0.05) is 6.08 Å². The number of rotatable bonds is 5. The molecule has 0 saturated carbocycles. The molecule has 0 spiro atoms. The van der Waals surface area contributed by atoms with E-state index in [9.17, 15) is 18.5 Å². The first-order valence-electron chi connectivity index (χ1n) is 5.34. The molecular formula is C11H7Cl2NO6S. The van der Waals surface area contributed by atoms with Crippen LogP contribution in [0.4, 0.5) is 5.88 Å². The van der Waals surface area contributed by atoms with E-state index in [-0.39, 0.29) is 11.5 Å². The summed E-state index contributed by atoms with van der Waals surface area (Å²) in [6, 6.07) is 5.20. The molecular weight excluding hydrogens is 345 g/mol. The first-order chi connectivity index (χ1) is 9.82. The Kier molecular flexibility index (Phi) is 4.40. The lowest BCUT2D eigenvalue weighted by Crippen LogP contribution is -2.10. The Hall–Kier alpha value is -1.77. The van der Waals surface area contributed by atoms with Crippen LogP contribution >= 0.6 is 23.2 Å². The molecule has 0 aliphatic rings. The highest BCUT2D eigenvalue weighted by atomic mass is 35.5. The molecule has 0 unspecified atom stereocenters. The average molecular weight is 352 g/mol. The van der Waals surface area contributed by atoms with Crippen molar-refractivity contribution < 1.29 is 22.2 Å². The summed E-state index contributed by atoms with van der Waals surface area (Å²) < 4.78 is 32.4. The van der Waals surface area contributed by atoms with Gasteiger partial charge in [-0.25, -0.2) is 8.42 Å². The zero-order valence-corrected chi connectivity index (χ0v) is 12.4. The van der Waals surface area contributed by atoms with Crippen LogP contribution in [-0.2, 0) is 9.84 Å². The topological polar surface area (TPSA) is 104 Å². The van der Waals surface area contributed by atoms with Crippen LogP contribution in [0.25, 0.3) is 11.0 Å².